The van der Waals surface area contributed by atoms with Gasteiger partial charge < -0.3 is 9.84 Å². The summed E-state index contributed by atoms with van der Waals surface area (Å²) in [6, 6.07) is 21.5. The molecule has 3 aromatic carbocycles. The lowest BCUT2D eigenvalue weighted by atomic mass is 9.95. The maximum Gasteiger partial charge on any atom is 0.573 e. The van der Waals surface area contributed by atoms with Crippen LogP contribution in [0.25, 0.3) is 10.6 Å². The third-order valence-corrected chi connectivity index (χ3v) is 7.13. The van der Waals surface area contributed by atoms with Gasteiger partial charge in [-0.15, -0.1) is 24.5 Å². The van der Waals surface area contributed by atoms with Crippen molar-refractivity contribution in [3.05, 3.63) is 112 Å². The first-order valence-electron chi connectivity index (χ1n) is 11.4. The highest BCUT2D eigenvalue weighted by atomic mass is 32.1. The molecule has 0 spiro atoms. The molecular weight excluding hydrogens is 517 g/mol. The summed E-state index contributed by atoms with van der Waals surface area (Å²) in [5.74, 6) is -2.83. The van der Waals surface area contributed by atoms with Crippen molar-refractivity contribution < 1.29 is 32.6 Å². The van der Waals surface area contributed by atoms with Crippen LogP contribution in [0.2, 0.25) is 0 Å². The average Bonchev–Trinajstić information content (AvgIpc) is 3.41. The van der Waals surface area contributed by atoms with Gasteiger partial charge in [0.15, 0.2) is 5.76 Å². The smallest absolute Gasteiger partial charge is 0.503 e. The maximum atomic E-state index is 13.9. The SMILES string of the molecule is Cc1nc(-c2ccccc2)sc1C(=O)C1=C(O)C(=O)N(c2cccc(OC(F)(F)F)c2)C1c1ccccc1. The summed E-state index contributed by atoms with van der Waals surface area (Å²) in [7, 11) is 0. The minimum absolute atomic E-state index is 0.0194. The molecule has 1 aliphatic rings. The number of aliphatic hydroxyl groups excluding tert-OH is 1. The predicted molar refractivity (Wildman–Crippen MR) is 136 cm³/mol. The molecule has 0 aliphatic carbocycles. The van der Waals surface area contributed by atoms with E-state index in [1.54, 1.807) is 37.3 Å². The standard InChI is InChI=1S/C28H19F3N2O4S/c1-16-25(38-26(32-16)18-11-6-3-7-12-18)23(34)21-22(17-9-4-2-5-10-17)33(27(36)24(21)35)19-13-8-14-20(15-19)37-28(29,30)31/h2-15,22,35H,1H3. The molecule has 6 nitrogen and oxygen atoms in total. The fourth-order valence-electron chi connectivity index (χ4n) is 4.32. The van der Waals surface area contributed by atoms with Gasteiger partial charge in [-0.25, -0.2) is 4.98 Å². The number of ether oxygens (including phenoxy) is 1. The van der Waals surface area contributed by atoms with E-state index in [-0.39, 0.29) is 16.1 Å². The van der Waals surface area contributed by atoms with E-state index in [4.69, 9.17) is 0 Å². The van der Waals surface area contributed by atoms with Crippen molar-refractivity contribution in [2.24, 2.45) is 0 Å². The van der Waals surface area contributed by atoms with Crippen molar-refractivity contribution in [1.82, 2.24) is 4.98 Å². The van der Waals surface area contributed by atoms with Crippen molar-refractivity contribution >= 4 is 28.7 Å². The minimum Gasteiger partial charge on any atom is -0.503 e. The van der Waals surface area contributed by atoms with Crippen LogP contribution in [-0.2, 0) is 4.79 Å². The van der Waals surface area contributed by atoms with Gasteiger partial charge in [-0.2, -0.15) is 0 Å². The number of hydrogen-bond donors (Lipinski definition) is 1. The number of ketones is 1. The normalized spacial score (nSPS) is 15.7. The summed E-state index contributed by atoms with van der Waals surface area (Å²) in [5.41, 5.74) is 1.56. The number of benzene rings is 3. The Morgan fingerprint density at radius 3 is 2.32 bits per heavy atom. The molecule has 0 saturated heterocycles. The van der Waals surface area contributed by atoms with E-state index in [0.29, 0.717) is 16.3 Å². The highest BCUT2D eigenvalue weighted by Crippen LogP contribution is 2.44. The number of aliphatic hydroxyl groups is 1. The van der Waals surface area contributed by atoms with Gasteiger partial charge in [-0.1, -0.05) is 66.7 Å². The molecule has 1 unspecified atom stereocenters. The Kier molecular flexibility index (Phi) is 6.50. The Morgan fingerprint density at radius 2 is 1.66 bits per heavy atom. The number of carbonyl (C=O) groups excluding carboxylic acids is 2. The number of alkyl halides is 3. The molecule has 0 saturated carbocycles. The maximum absolute atomic E-state index is 13.9. The van der Waals surface area contributed by atoms with Gasteiger partial charge >= 0.3 is 6.36 Å². The number of carbonyl (C=O) groups is 2. The number of anilines is 1. The largest absolute Gasteiger partial charge is 0.573 e. The van der Waals surface area contributed by atoms with E-state index < -0.39 is 35.6 Å². The molecule has 38 heavy (non-hydrogen) atoms. The highest BCUT2D eigenvalue weighted by Gasteiger charge is 2.45. The van der Waals surface area contributed by atoms with Crippen LogP contribution in [0.5, 0.6) is 5.75 Å². The molecule has 10 heteroatoms. The number of Topliss-reactive ketones (excluding diaryl/α,β-unsaturated/α-hetero) is 1. The molecule has 192 valence electrons. The zero-order valence-electron chi connectivity index (χ0n) is 19.8. The number of nitrogens with zero attached hydrogens (tertiary/aromatic N) is 2. The van der Waals surface area contributed by atoms with Crippen LogP contribution in [0.15, 0.2) is 96.3 Å². The zero-order chi connectivity index (χ0) is 27.0. The van der Waals surface area contributed by atoms with Gasteiger partial charge in [0.1, 0.15) is 10.8 Å². The Balaban J connectivity index is 1.60. The molecule has 0 bridgehead atoms. The van der Waals surface area contributed by atoms with E-state index in [2.05, 4.69) is 9.72 Å². The fourth-order valence-corrected chi connectivity index (χ4v) is 5.34. The van der Waals surface area contributed by atoms with Crippen molar-refractivity contribution in [1.29, 1.82) is 0 Å². The van der Waals surface area contributed by atoms with Gasteiger partial charge in [0, 0.05) is 17.3 Å². The number of rotatable bonds is 6. The summed E-state index contributed by atoms with van der Waals surface area (Å²) in [6.45, 7) is 1.66. The van der Waals surface area contributed by atoms with Crippen molar-refractivity contribution in [3.63, 3.8) is 0 Å². The Hall–Kier alpha value is -4.44. The van der Waals surface area contributed by atoms with E-state index in [9.17, 15) is 27.9 Å². The van der Waals surface area contributed by atoms with Crippen LogP contribution in [0.4, 0.5) is 18.9 Å². The van der Waals surface area contributed by atoms with Gasteiger partial charge in [0.2, 0.25) is 5.78 Å². The number of aromatic nitrogens is 1. The predicted octanol–water partition coefficient (Wildman–Crippen LogP) is 6.80. The fraction of sp³-hybridized carbons (Fsp3) is 0.107. The van der Waals surface area contributed by atoms with Crippen molar-refractivity contribution in [2.75, 3.05) is 4.90 Å². The molecular formula is C28H19F3N2O4S. The summed E-state index contributed by atoms with van der Waals surface area (Å²) < 4.78 is 42.6. The van der Waals surface area contributed by atoms with E-state index in [1.807, 2.05) is 30.3 Å². The van der Waals surface area contributed by atoms with E-state index >= 15 is 0 Å². The average molecular weight is 537 g/mol. The van der Waals surface area contributed by atoms with Crippen LogP contribution in [-0.4, -0.2) is 28.1 Å². The lowest BCUT2D eigenvalue weighted by Crippen LogP contribution is -2.31. The van der Waals surface area contributed by atoms with Gasteiger partial charge in [0.25, 0.3) is 5.91 Å². The third kappa shape index (κ3) is 4.78. The molecule has 5 rings (SSSR count). The molecule has 1 aromatic heterocycles. The second-order valence-electron chi connectivity index (χ2n) is 8.42. The molecule has 4 aromatic rings. The second-order valence-corrected chi connectivity index (χ2v) is 9.42. The number of amides is 1. The van der Waals surface area contributed by atoms with Crippen LogP contribution in [0, 0.1) is 6.92 Å². The first-order chi connectivity index (χ1) is 18.1. The Bertz CT molecular complexity index is 1550. The first kappa shape index (κ1) is 25.2. The lowest BCUT2D eigenvalue weighted by Gasteiger charge is -2.27. The Morgan fingerprint density at radius 1 is 1.00 bits per heavy atom. The minimum atomic E-state index is -4.94. The third-order valence-electron chi connectivity index (χ3n) is 5.92. The molecule has 1 amide bonds. The monoisotopic (exact) mass is 536 g/mol. The zero-order valence-corrected chi connectivity index (χ0v) is 20.6. The number of thiazole rings is 1. The summed E-state index contributed by atoms with van der Waals surface area (Å²) in [6.07, 6.45) is -4.94. The quantitative estimate of drug-likeness (QED) is 0.274. The molecule has 0 radical (unpaired) electrons. The second kappa shape index (κ2) is 9.79. The molecule has 0 fully saturated rings. The van der Waals surface area contributed by atoms with Crippen LogP contribution >= 0.6 is 11.3 Å². The number of halogens is 3. The van der Waals surface area contributed by atoms with Crippen molar-refractivity contribution in [2.45, 2.75) is 19.3 Å². The summed E-state index contributed by atoms with van der Waals surface area (Å²) >= 11 is 1.13. The van der Waals surface area contributed by atoms with Gasteiger partial charge in [-0.3, -0.25) is 14.5 Å². The first-order valence-corrected chi connectivity index (χ1v) is 12.2. The lowest BCUT2D eigenvalue weighted by molar-refractivity contribution is -0.274. The molecule has 2 heterocycles. The van der Waals surface area contributed by atoms with Crippen LogP contribution in [0.1, 0.15) is 27.0 Å². The highest BCUT2D eigenvalue weighted by molar-refractivity contribution is 7.17. The van der Waals surface area contributed by atoms with E-state index in [1.165, 1.54) is 12.1 Å². The molecule has 1 N–H and O–H groups in total. The number of hydrogen-bond acceptors (Lipinski definition) is 6. The van der Waals surface area contributed by atoms with Gasteiger partial charge in [-0.05, 0) is 24.6 Å². The topological polar surface area (TPSA) is 79.7 Å². The number of aryl methyl sites for hydroxylation is 1. The summed E-state index contributed by atoms with van der Waals surface area (Å²) in [5, 5.41) is 11.6. The van der Waals surface area contributed by atoms with Crippen LogP contribution in [0.3, 0.4) is 0 Å². The van der Waals surface area contributed by atoms with Gasteiger partial charge in [0.05, 0.1) is 22.2 Å². The summed E-state index contributed by atoms with van der Waals surface area (Å²) in [4.78, 5) is 33.1. The van der Waals surface area contributed by atoms with Crippen molar-refractivity contribution in [3.8, 4) is 16.3 Å². The van der Waals surface area contributed by atoms with Crippen LogP contribution < -0.4 is 9.64 Å². The molecule has 1 aliphatic heterocycles. The Labute approximate surface area is 219 Å². The molecule has 1 atom stereocenters. The van der Waals surface area contributed by atoms with E-state index in [0.717, 1.165) is 33.9 Å².